The van der Waals surface area contributed by atoms with Crippen LogP contribution in [-0.2, 0) is 11.2 Å². The molecular formula is C17H14N4O. The predicted molar refractivity (Wildman–Crippen MR) is 83.4 cm³/mol. The van der Waals surface area contributed by atoms with Gasteiger partial charge in [-0.15, -0.1) is 0 Å². The van der Waals surface area contributed by atoms with Gasteiger partial charge in [0.1, 0.15) is 11.7 Å². The van der Waals surface area contributed by atoms with E-state index in [9.17, 15) is 4.79 Å². The highest BCUT2D eigenvalue weighted by Gasteiger charge is 2.10. The summed E-state index contributed by atoms with van der Waals surface area (Å²) < 4.78 is 1.90. The molecule has 1 amide bonds. The molecule has 5 heteroatoms. The highest BCUT2D eigenvalue weighted by atomic mass is 16.1. The number of fused-ring (bicyclic) bond motifs is 1. The molecule has 0 atom stereocenters. The third kappa shape index (κ3) is 2.67. The minimum atomic E-state index is -0.191. The van der Waals surface area contributed by atoms with Gasteiger partial charge in [0.15, 0.2) is 0 Å². The number of nitrogens with zero attached hydrogens (tertiary/aromatic N) is 3. The van der Waals surface area contributed by atoms with Crippen molar-refractivity contribution in [3.8, 4) is 6.07 Å². The number of rotatable bonds is 3. The van der Waals surface area contributed by atoms with Crippen molar-refractivity contribution in [3.05, 3.63) is 65.6 Å². The topological polar surface area (TPSA) is 70.2 Å². The summed E-state index contributed by atoms with van der Waals surface area (Å²) in [6, 6.07) is 12.9. The number of carbonyl (C=O) groups is 1. The first-order valence-corrected chi connectivity index (χ1v) is 6.89. The molecule has 5 nitrogen and oxygen atoms in total. The molecule has 2 heterocycles. The number of anilines is 1. The number of carbonyl (C=O) groups excluding carboxylic acids is 1. The number of nitriles is 1. The Morgan fingerprint density at radius 3 is 2.91 bits per heavy atom. The van der Waals surface area contributed by atoms with Crippen molar-refractivity contribution >= 4 is 17.2 Å². The number of aromatic nitrogens is 2. The van der Waals surface area contributed by atoms with E-state index in [4.69, 9.17) is 5.26 Å². The molecule has 3 rings (SSSR count). The fourth-order valence-electron chi connectivity index (χ4n) is 2.34. The van der Waals surface area contributed by atoms with Crippen LogP contribution in [0.2, 0.25) is 0 Å². The first kappa shape index (κ1) is 13.8. The molecular weight excluding hydrogens is 276 g/mol. The van der Waals surface area contributed by atoms with E-state index in [0.29, 0.717) is 16.9 Å². The Bertz CT molecular complexity index is 889. The van der Waals surface area contributed by atoms with E-state index in [1.54, 1.807) is 24.3 Å². The van der Waals surface area contributed by atoms with Crippen molar-refractivity contribution in [1.82, 2.24) is 9.38 Å². The maximum absolute atomic E-state index is 12.1. The third-order valence-electron chi connectivity index (χ3n) is 3.39. The molecule has 1 N–H and O–H groups in total. The Hall–Kier alpha value is -3.13. The minimum absolute atomic E-state index is 0.168. The number of hydrogen-bond donors (Lipinski definition) is 1. The highest BCUT2D eigenvalue weighted by Crippen LogP contribution is 2.15. The molecule has 0 aliphatic carbocycles. The number of imidazole rings is 1. The SMILES string of the molecule is Cc1cccn2cc(CC(=O)Nc3ccccc3C#N)nc12. The van der Waals surface area contributed by atoms with Crippen molar-refractivity contribution < 1.29 is 4.79 Å². The molecule has 0 unspecified atom stereocenters. The van der Waals surface area contributed by atoms with Crippen LogP contribution >= 0.6 is 0 Å². The molecule has 0 radical (unpaired) electrons. The summed E-state index contributed by atoms with van der Waals surface area (Å²) in [5, 5.41) is 11.8. The van der Waals surface area contributed by atoms with E-state index in [0.717, 1.165) is 11.2 Å². The van der Waals surface area contributed by atoms with Crippen LogP contribution in [0.15, 0.2) is 48.8 Å². The monoisotopic (exact) mass is 290 g/mol. The molecule has 0 saturated carbocycles. The zero-order valence-corrected chi connectivity index (χ0v) is 12.1. The normalized spacial score (nSPS) is 10.4. The molecule has 3 aromatic rings. The van der Waals surface area contributed by atoms with Gasteiger partial charge >= 0.3 is 0 Å². The summed E-state index contributed by atoms with van der Waals surface area (Å²) >= 11 is 0. The highest BCUT2D eigenvalue weighted by molar-refractivity contribution is 5.93. The molecule has 0 fully saturated rings. The maximum Gasteiger partial charge on any atom is 0.230 e. The van der Waals surface area contributed by atoms with E-state index in [1.807, 2.05) is 35.9 Å². The van der Waals surface area contributed by atoms with Crippen LogP contribution in [0.3, 0.4) is 0 Å². The van der Waals surface area contributed by atoms with E-state index < -0.39 is 0 Å². The molecule has 1 aromatic carbocycles. The average Bonchev–Trinajstić information content (AvgIpc) is 2.91. The zero-order valence-electron chi connectivity index (χ0n) is 12.1. The second-order valence-corrected chi connectivity index (χ2v) is 5.04. The second kappa shape index (κ2) is 5.70. The van der Waals surface area contributed by atoms with Crippen LogP contribution in [0.4, 0.5) is 5.69 Å². The van der Waals surface area contributed by atoms with Crippen molar-refractivity contribution in [2.75, 3.05) is 5.32 Å². The summed E-state index contributed by atoms with van der Waals surface area (Å²) in [5.74, 6) is -0.191. The summed E-state index contributed by atoms with van der Waals surface area (Å²) in [5.41, 5.74) is 3.57. The molecule has 0 aliphatic rings. The van der Waals surface area contributed by atoms with E-state index in [2.05, 4.69) is 16.4 Å². The lowest BCUT2D eigenvalue weighted by Gasteiger charge is -2.05. The number of benzene rings is 1. The molecule has 108 valence electrons. The van der Waals surface area contributed by atoms with Gasteiger partial charge in [0.2, 0.25) is 5.91 Å². The molecule has 0 spiro atoms. The van der Waals surface area contributed by atoms with Gasteiger partial charge in [0, 0.05) is 12.4 Å². The Balaban J connectivity index is 1.79. The molecule has 0 bridgehead atoms. The lowest BCUT2D eigenvalue weighted by Crippen LogP contribution is -2.15. The standard InChI is InChI=1S/C17H14N4O/c1-12-5-4-8-21-11-14(19-17(12)21)9-16(22)20-15-7-3-2-6-13(15)10-18/h2-8,11H,9H2,1H3,(H,20,22). The fourth-order valence-corrected chi connectivity index (χ4v) is 2.34. The summed E-state index contributed by atoms with van der Waals surface area (Å²) in [6.07, 6.45) is 3.92. The van der Waals surface area contributed by atoms with Crippen LogP contribution in [0, 0.1) is 18.3 Å². The number of hydrogen-bond acceptors (Lipinski definition) is 3. The average molecular weight is 290 g/mol. The minimum Gasteiger partial charge on any atom is -0.325 e. The van der Waals surface area contributed by atoms with E-state index in [-0.39, 0.29) is 12.3 Å². The van der Waals surface area contributed by atoms with Gasteiger partial charge in [0.05, 0.1) is 23.4 Å². The Morgan fingerprint density at radius 2 is 2.14 bits per heavy atom. The largest absolute Gasteiger partial charge is 0.325 e. The number of nitrogens with one attached hydrogen (secondary N) is 1. The summed E-state index contributed by atoms with van der Waals surface area (Å²) in [6.45, 7) is 1.98. The van der Waals surface area contributed by atoms with Gasteiger partial charge in [-0.3, -0.25) is 4.79 Å². The van der Waals surface area contributed by atoms with Crippen LogP contribution in [-0.4, -0.2) is 15.3 Å². The van der Waals surface area contributed by atoms with Crippen LogP contribution < -0.4 is 5.32 Å². The first-order chi connectivity index (χ1) is 10.7. The first-order valence-electron chi connectivity index (χ1n) is 6.89. The number of amides is 1. The van der Waals surface area contributed by atoms with Crippen molar-refractivity contribution in [2.24, 2.45) is 0 Å². The van der Waals surface area contributed by atoms with E-state index >= 15 is 0 Å². The number of aryl methyl sites for hydroxylation is 1. The van der Waals surface area contributed by atoms with Gasteiger partial charge in [-0.1, -0.05) is 18.2 Å². The van der Waals surface area contributed by atoms with Crippen molar-refractivity contribution in [3.63, 3.8) is 0 Å². The molecule has 22 heavy (non-hydrogen) atoms. The van der Waals surface area contributed by atoms with Crippen LogP contribution in [0.5, 0.6) is 0 Å². The van der Waals surface area contributed by atoms with Gasteiger partial charge in [-0.05, 0) is 30.7 Å². The Kier molecular flexibility index (Phi) is 3.58. The fraction of sp³-hybridized carbons (Fsp3) is 0.118. The molecule has 0 saturated heterocycles. The van der Waals surface area contributed by atoms with Crippen LogP contribution in [0.25, 0.3) is 5.65 Å². The molecule has 0 aliphatic heterocycles. The van der Waals surface area contributed by atoms with Gasteiger partial charge in [-0.25, -0.2) is 4.98 Å². The number of pyridine rings is 1. The third-order valence-corrected chi connectivity index (χ3v) is 3.39. The lowest BCUT2D eigenvalue weighted by molar-refractivity contribution is -0.115. The predicted octanol–water partition coefficient (Wildman–Crippen LogP) is 2.70. The smallest absolute Gasteiger partial charge is 0.230 e. The summed E-state index contributed by atoms with van der Waals surface area (Å²) in [7, 11) is 0. The second-order valence-electron chi connectivity index (χ2n) is 5.04. The molecule has 2 aromatic heterocycles. The quantitative estimate of drug-likeness (QED) is 0.806. The van der Waals surface area contributed by atoms with Gasteiger partial charge < -0.3 is 9.72 Å². The van der Waals surface area contributed by atoms with Crippen LogP contribution in [0.1, 0.15) is 16.8 Å². The van der Waals surface area contributed by atoms with Gasteiger partial charge in [0.25, 0.3) is 0 Å². The summed E-state index contributed by atoms with van der Waals surface area (Å²) in [4.78, 5) is 16.6. The zero-order chi connectivity index (χ0) is 15.5. The van der Waals surface area contributed by atoms with Gasteiger partial charge in [-0.2, -0.15) is 5.26 Å². The number of para-hydroxylation sites is 1. The maximum atomic E-state index is 12.1. The Labute approximate surface area is 127 Å². The van der Waals surface area contributed by atoms with Crippen molar-refractivity contribution in [2.45, 2.75) is 13.3 Å². The van der Waals surface area contributed by atoms with E-state index in [1.165, 1.54) is 0 Å². The Morgan fingerprint density at radius 1 is 1.32 bits per heavy atom. The van der Waals surface area contributed by atoms with Crippen molar-refractivity contribution in [1.29, 1.82) is 5.26 Å². The lowest BCUT2D eigenvalue weighted by atomic mass is 10.2.